The molecule has 0 aromatic carbocycles. The molecule has 0 aromatic rings. The van der Waals surface area contributed by atoms with Gasteiger partial charge in [0.25, 0.3) is 0 Å². The molecule has 3 nitrogen and oxygen atoms in total. The molecule has 0 radical (unpaired) electrons. The van der Waals surface area contributed by atoms with E-state index in [9.17, 15) is 4.79 Å². The molecule has 1 aliphatic carbocycles. The predicted molar refractivity (Wildman–Crippen MR) is 47.3 cm³/mol. The van der Waals surface area contributed by atoms with Crippen LogP contribution in [0.3, 0.4) is 0 Å². The topological polar surface area (TPSA) is 35.5 Å². The molecule has 1 saturated carbocycles. The zero-order valence-electron chi connectivity index (χ0n) is 8.04. The molecule has 13 heavy (non-hydrogen) atoms. The first-order valence-corrected chi connectivity index (χ1v) is 5.06. The minimum Gasteiger partial charge on any atom is -0.342 e. The summed E-state index contributed by atoms with van der Waals surface area (Å²) < 4.78 is 11.2. The van der Waals surface area contributed by atoms with Crippen LogP contribution in [0.15, 0.2) is 0 Å². The largest absolute Gasteiger partial charge is 0.342 e. The van der Waals surface area contributed by atoms with Gasteiger partial charge in [-0.25, -0.2) is 0 Å². The molecular weight excluding hydrogens is 168 g/mol. The summed E-state index contributed by atoms with van der Waals surface area (Å²) in [5.41, 5.74) is 0. The first-order valence-electron chi connectivity index (χ1n) is 5.06. The number of ether oxygens (including phenoxy) is 2. The van der Waals surface area contributed by atoms with Crippen molar-refractivity contribution in [2.75, 3.05) is 6.61 Å². The smallest absolute Gasteiger partial charge is 0.187 e. The maximum atomic E-state index is 11.2. The fourth-order valence-electron chi connectivity index (χ4n) is 2.09. The molecule has 2 rings (SSSR count). The van der Waals surface area contributed by atoms with Crippen LogP contribution in [0.1, 0.15) is 39.0 Å². The maximum absolute atomic E-state index is 11.2. The Morgan fingerprint density at radius 3 is 2.62 bits per heavy atom. The fourth-order valence-corrected chi connectivity index (χ4v) is 2.09. The van der Waals surface area contributed by atoms with Gasteiger partial charge in [-0.15, -0.1) is 0 Å². The molecule has 0 amide bonds. The van der Waals surface area contributed by atoms with Gasteiger partial charge in [-0.2, -0.15) is 0 Å². The van der Waals surface area contributed by atoms with Crippen LogP contribution in [-0.2, 0) is 14.3 Å². The Morgan fingerprint density at radius 2 is 2.00 bits per heavy atom. The van der Waals surface area contributed by atoms with Gasteiger partial charge < -0.3 is 9.47 Å². The van der Waals surface area contributed by atoms with Crippen molar-refractivity contribution in [2.24, 2.45) is 0 Å². The van der Waals surface area contributed by atoms with Gasteiger partial charge in [0.1, 0.15) is 12.7 Å². The zero-order chi connectivity index (χ0) is 9.31. The third kappa shape index (κ3) is 1.76. The van der Waals surface area contributed by atoms with E-state index in [4.69, 9.17) is 9.47 Å². The average molecular weight is 184 g/mol. The number of rotatable bonds is 0. The molecule has 1 saturated heterocycles. The quantitative estimate of drug-likeness (QED) is 0.574. The van der Waals surface area contributed by atoms with Crippen LogP contribution in [0.4, 0.5) is 0 Å². The molecule has 1 aliphatic heterocycles. The highest BCUT2D eigenvalue weighted by Gasteiger charge is 2.41. The van der Waals surface area contributed by atoms with Gasteiger partial charge >= 0.3 is 0 Å². The van der Waals surface area contributed by atoms with Gasteiger partial charge in [-0.05, 0) is 19.8 Å². The average Bonchev–Trinajstić information content (AvgIpc) is 2.14. The molecule has 1 atom stereocenters. The maximum Gasteiger partial charge on any atom is 0.187 e. The molecule has 3 heteroatoms. The Labute approximate surface area is 78.4 Å². The van der Waals surface area contributed by atoms with E-state index in [-0.39, 0.29) is 18.5 Å². The van der Waals surface area contributed by atoms with Gasteiger partial charge in [-0.3, -0.25) is 4.79 Å². The molecule has 0 unspecified atom stereocenters. The van der Waals surface area contributed by atoms with Gasteiger partial charge in [0.15, 0.2) is 11.6 Å². The summed E-state index contributed by atoms with van der Waals surface area (Å²) in [6.45, 7) is 2.06. The Morgan fingerprint density at radius 1 is 1.31 bits per heavy atom. The van der Waals surface area contributed by atoms with Crippen molar-refractivity contribution in [3.05, 3.63) is 0 Å². The summed E-state index contributed by atoms with van der Waals surface area (Å²) in [6, 6.07) is 0. The lowest BCUT2D eigenvalue weighted by Gasteiger charge is -2.41. The summed E-state index contributed by atoms with van der Waals surface area (Å²) in [5, 5.41) is 0. The second-order valence-corrected chi connectivity index (χ2v) is 3.99. The molecule has 2 fully saturated rings. The van der Waals surface area contributed by atoms with Crippen molar-refractivity contribution in [1.82, 2.24) is 0 Å². The third-order valence-electron chi connectivity index (χ3n) is 2.94. The van der Waals surface area contributed by atoms with Crippen molar-refractivity contribution >= 4 is 5.78 Å². The summed E-state index contributed by atoms with van der Waals surface area (Å²) in [4.78, 5) is 11.2. The highest BCUT2D eigenvalue weighted by molar-refractivity contribution is 5.84. The third-order valence-corrected chi connectivity index (χ3v) is 2.94. The number of hydrogen-bond acceptors (Lipinski definition) is 3. The van der Waals surface area contributed by atoms with Crippen LogP contribution in [0.2, 0.25) is 0 Å². The lowest BCUT2D eigenvalue weighted by atomic mass is 9.93. The van der Waals surface area contributed by atoms with Crippen LogP contribution >= 0.6 is 0 Å². The van der Waals surface area contributed by atoms with Crippen molar-refractivity contribution in [2.45, 2.75) is 50.9 Å². The summed E-state index contributed by atoms with van der Waals surface area (Å²) in [5.74, 6) is -0.345. The van der Waals surface area contributed by atoms with E-state index in [2.05, 4.69) is 0 Å². The molecule has 0 aromatic heterocycles. The van der Waals surface area contributed by atoms with Gasteiger partial charge in [-0.1, -0.05) is 6.42 Å². The Bertz CT molecular complexity index is 206. The zero-order valence-corrected chi connectivity index (χ0v) is 8.04. The van der Waals surface area contributed by atoms with Crippen molar-refractivity contribution in [1.29, 1.82) is 0 Å². The fraction of sp³-hybridized carbons (Fsp3) is 0.900. The van der Waals surface area contributed by atoms with Crippen molar-refractivity contribution in [3.8, 4) is 0 Å². The lowest BCUT2D eigenvalue weighted by Crippen LogP contribution is -2.49. The van der Waals surface area contributed by atoms with Crippen molar-refractivity contribution < 1.29 is 14.3 Å². The van der Waals surface area contributed by atoms with Gasteiger partial charge in [0.05, 0.1) is 0 Å². The summed E-state index contributed by atoms with van der Waals surface area (Å²) in [6.07, 6.45) is 5.19. The normalized spacial score (nSPS) is 33.6. The van der Waals surface area contributed by atoms with E-state index in [1.165, 1.54) is 6.42 Å². The monoisotopic (exact) mass is 184 g/mol. The molecule has 2 aliphatic rings. The van der Waals surface area contributed by atoms with Gasteiger partial charge in [0.2, 0.25) is 0 Å². The van der Waals surface area contributed by atoms with E-state index < -0.39 is 5.79 Å². The highest BCUT2D eigenvalue weighted by atomic mass is 16.7. The number of Topliss-reactive ketones (excluding diaryl/α,β-unsaturated/α-hetero) is 1. The number of carbonyl (C=O) groups is 1. The Balaban J connectivity index is 2.02. The Hall–Kier alpha value is -0.410. The first kappa shape index (κ1) is 9.16. The van der Waals surface area contributed by atoms with Crippen LogP contribution in [0, 0.1) is 0 Å². The van der Waals surface area contributed by atoms with E-state index in [1.807, 2.05) is 6.92 Å². The summed E-state index contributed by atoms with van der Waals surface area (Å²) in [7, 11) is 0. The number of carbonyl (C=O) groups excluding carboxylic acids is 1. The Kier molecular flexibility index (Phi) is 2.39. The molecule has 1 spiro atoms. The SMILES string of the molecule is C[C@H]1OC2(CCCCC2)OCC1=O. The van der Waals surface area contributed by atoms with E-state index >= 15 is 0 Å². The second-order valence-electron chi connectivity index (χ2n) is 3.99. The molecule has 74 valence electrons. The lowest BCUT2D eigenvalue weighted by molar-refractivity contribution is -0.285. The first-order chi connectivity index (χ1) is 6.22. The van der Waals surface area contributed by atoms with E-state index in [0.717, 1.165) is 25.7 Å². The number of ketones is 1. The highest BCUT2D eigenvalue weighted by Crippen LogP contribution is 2.35. The van der Waals surface area contributed by atoms with Crippen LogP contribution < -0.4 is 0 Å². The van der Waals surface area contributed by atoms with Crippen LogP contribution in [0.25, 0.3) is 0 Å². The van der Waals surface area contributed by atoms with Gasteiger partial charge in [0, 0.05) is 12.8 Å². The molecular formula is C10H16O3. The summed E-state index contributed by atoms with van der Waals surface area (Å²) >= 11 is 0. The minimum absolute atomic E-state index is 0.0659. The number of hydrogen-bond donors (Lipinski definition) is 0. The molecule has 1 heterocycles. The minimum atomic E-state index is -0.411. The standard InChI is InChI=1S/C10H16O3/c1-8-9(11)7-12-10(13-8)5-3-2-4-6-10/h8H,2-7H2,1H3/t8-/m1/s1. The molecule has 0 bridgehead atoms. The van der Waals surface area contributed by atoms with E-state index in [1.54, 1.807) is 0 Å². The predicted octanol–water partition coefficient (Wildman–Crippen LogP) is 1.65. The van der Waals surface area contributed by atoms with E-state index in [0.29, 0.717) is 0 Å². The van der Waals surface area contributed by atoms with Crippen LogP contribution in [-0.4, -0.2) is 24.3 Å². The van der Waals surface area contributed by atoms with Crippen molar-refractivity contribution in [3.63, 3.8) is 0 Å². The second kappa shape index (κ2) is 3.39. The molecule has 0 N–H and O–H groups in total. The van der Waals surface area contributed by atoms with Crippen LogP contribution in [0.5, 0.6) is 0 Å².